The fraction of sp³-hybridized carbons (Fsp3) is 0.650. The number of nitrogens with zero attached hydrogens (tertiary/aromatic N) is 2. The molecule has 0 saturated carbocycles. The molecule has 6 nitrogen and oxygen atoms in total. The van der Waals surface area contributed by atoms with Crippen LogP contribution in [-0.4, -0.2) is 57.8 Å². The van der Waals surface area contributed by atoms with Crippen LogP contribution in [0.2, 0.25) is 0 Å². The van der Waals surface area contributed by atoms with E-state index in [1.807, 2.05) is 25.1 Å². The smallest absolute Gasteiger partial charge is 0.195 e. The largest absolute Gasteiger partial charge is 0.493 e. The monoisotopic (exact) mass is 490 g/mol. The number of hydrogen-bond donors (Lipinski definition) is 2. The van der Waals surface area contributed by atoms with Crippen LogP contribution in [0.15, 0.2) is 23.2 Å². The summed E-state index contributed by atoms with van der Waals surface area (Å²) in [6.45, 7) is 9.37. The number of piperidine rings is 1. The Balaban J connectivity index is 0.00000364. The second-order valence-electron chi connectivity index (χ2n) is 6.84. The van der Waals surface area contributed by atoms with Crippen LogP contribution in [0.25, 0.3) is 0 Å². The Morgan fingerprint density at radius 2 is 1.96 bits per heavy atom. The molecular weight excluding hydrogens is 455 g/mol. The summed E-state index contributed by atoms with van der Waals surface area (Å²) in [6, 6.07) is 5.81. The summed E-state index contributed by atoms with van der Waals surface area (Å²) in [7, 11) is 3.44. The molecule has 1 fully saturated rings. The molecule has 1 unspecified atom stereocenters. The highest BCUT2D eigenvalue weighted by Gasteiger charge is 2.14. The van der Waals surface area contributed by atoms with E-state index in [0.717, 1.165) is 30.5 Å². The highest BCUT2D eigenvalue weighted by atomic mass is 127. The highest BCUT2D eigenvalue weighted by molar-refractivity contribution is 14.0. The van der Waals surface area contributed by atoms with Crippen molar-refractivity contribution >= 4 is 35.6 Å². The van der Waals surface area contributed by atoms with Gasteiger partial charge in [-0.25, -0.2) is 0 Å². The van der Waals surface area contributed by atoms with Crippen LogP contribution in [0.3, 0.4) is 0 Å². The van der Waals surface area contributed by atoms with Crippen molar-refractivity contribution < 1.29 is 9.47 Å². The Labute approximate surface area is 181 Å². The zero-order valence-corrected chi connectivity index (χ0v) is 19.4. The van der Waals surface area contributed by atoms with E-state index in [-0.39, 0.29) is 24.0 Å². The normalized spacial score (nSPS) is 16.2. The van der Waals surface area contributed by atoms with Gasteiger partial charge in [0.25, 0.3) is 0 Å². The van der Waals surface area contributed by atoms with E-state index in [2.05, 4.69) is 27.4 Å². The molecular formula is C20H35IN4O2. The lowest BCUT2D eigenvalue weighted by Crippen LogP contribution is -2.39. The van der Waals surface area contributed by atoms with Crippen LogP contribution < -0.4 is 20.1 Å². The molecule has 0 radical (unpaired) electrons. The number of aliphatic imine (C=N–C) groups is 1. The van der Waals surface area contributed by atoms with Crippen molar-refractivity contribution in [3.63, 3.8) is 0 Å². The predicted molar refractivity (Wildman–Crippen MR) is 124 cm³/mol. The molecule has 1 aromatic rings. The minimum atomic E-state index is 0. The number of methoxy groups -OCH3 is 1. The minimum Gasteiger partial charge on any atom is -0.493 e. The summed E-state index contributed by atoms with van der Waals surface area (Å²) < 4.78 is 11.0. The number of ether oxygens (including phenoxy) is 2. The summed E-state index contributed by atoms with van der Waals surface area (Å²) in [6.07, 6.45) is 4.05. The molecule has 0 aliphatic carbocycles. The molecule has 7 heteroatoms. The molecule has 1 saturated heterocycles. The maximum absolute atomic E-state index is 5.56. The molecule has 1 aliphatic heterocycles. The summed E-state index contributed by atoms with van der Waals surface area (Å²) in [5, 5.41) is 6.75. The van der Waals surface area contributed by atoms with Crippen LogP contribution in [0, 0.1) is 5.92 Å². The van der Waals surface area contributed by atoms with Crippen LogP contribution in [0.4, 0.5) is 5.69 Å². The molecule has 1 heterocycles. The molecule has 2 rings (SSSR count). The number of benzene rings is 1. The Morgan fingerprint density at radius 1 is 1.22 bits per heavy atom. The molecule has 27 heavy (non-hydrogen) atoms. The lowest BCUT2D eigenvalue weighted by atomic mass is 10.1. The Kier molecular flexibility index (Phi) is 11.5. The molecule has 0 aromatic heterocycles. The van der Waals surface area contributed by atoms with Crippen LogP contribution in [0.5, 0.6) is 11.5 Å². The first-order chi connectivity index (χ1) is 12.7. The van der Waals surface area contributed by atoms with Gasteiger partial charge in [0.2, 0.25) is 0 Å². The lowest BCUT2D eigenvalue weighted by Gasteiger charge is -2.29. The van der Waals surface area contributed by atoms with E-state index in [9.17, 15) is 0 Å². The fourth-order valence-electron chi connectivity index (χ4n) is 3.25. The van der Waals surface area contributed by atoms with Crippen molar-refractivity contribution in [2.75, 3.05) is 52.3 Å². The van der Waals surface area contributed by atoms with E-state index in [1.165, 1.54) is 32.4 Å². The highest BCUT2D eigenvalue weighted by Crippen LogP contribution is 2.30. The summed E-state index contributed by atoms with van der Waals surface area (Å²) in [5.41, 5.74) is 0.919. The Hall–Kier alpha value is -1.22. The van der Waals surface area contributed by atoms with Gasteiger partial charge in [0.1, 0.15) is 0 Å². The molecule has 1 aliphatic rings. The zero-order chi connectivity index (χ0) is 18.8. The first kappa shape index (κ1) is 23.8. The van der Waals surface area contributed by atoms with Gasteiger partial charge in [-0.1, -0.05) is 13.3 Å². The molecule has 2 N–H and O–H groups in total. The lowest BCUT2D eigenvalue weighted by molar-refractivity contribution is 0.201. The summed E-state index contributed by atoms with van der Waals surface area (Å²) >= 11 is 0. The molecule has 0 amide bonds. The SMILES string of the molecule is CCOc1ccc(NC(=NC)NCC(C)CN2CCCCC2)cc1OC.I. The van der Waals surface area contributed by atoms with E-state index in [1.54, 1.807) is 14.2 Å². The quantitative estimate of drug-likeness (QED) is 0.330. The van der Waals surface area contributed by atoms with Gasteiger partial charge in [0.15, 0.2) is 17.5 Å². The zero-order valence-electron chi connectivity index (χ0n) is 17.1. The van der Waals surface area contributed by atoms with Crippen LogP contribution >= 0.6 is 24.0 Å². The number of guanidine groups is 1. The molecule has 1 aromatic carbocycles. The maximum atomic E-state index is 5.56. The first-order valence-corrected chi connectivity index (χ1v) is 9.67. The first-order valence-electron chi connectivity index (χ1n) is 9.67. The molecule has 0 spiro atoms. The van der Waals surface area contributed by atoms with Gasteiger partial charge < -0.3 is 25.0 Å². The standard InChI is InChI=1S/C20H34N4O2.HI/c1-5-26-18-10-9-17(13-19(18)25-4)23-20(21-3)22-14-16(2)15-24-11-7-6-8-12-24;/h9-10,13,16H,5-8,11-12,14-15H2,1-4H3,(H2,21,22,23);1H. The number of rotatable bonds is 8. The van der Waals surface area contributed by atoms with E-state index >= 15 is 0 Å². The molecule has 154 valence electrons. The number of likely N-dealkylation sites (tertiary alicyclic amines) is 1. The van der Waals surface area contributed by atoms with E-state index in [0.29, 0.717) is 18.3 Å². The van der Waals surface area contributed by atoms with Gasteiger partial charge >= 0.3 is 0 Å². The van der Waals surface area contributed by atoms with Gasteiger partial charge in [-0.3, -0.25) is 4.99 Å². The number of hydrogen-bond acceptors (Lipinski definition) is 4. The third kappa shape index (κ3) is 8.13. The van der Waals surface area contributed by atoms with Crippen molar-refractivity contribution in [2.45, 2.75) is 33.1 Å². The van der Waals surface area contributed by atoms with Crippen molar-refractivity contribution in [2.24, 2.45) is 10.9 Å². The Morgan fingerprint density at radius 3 is 2.59 bits per heavy atom. The third-order valence-electron chi connectivity index (χ3n) is 4.59. The topological polar surface area (TPSA) is 58.1 Å². The van der Waals surface area contributed by atoms with Crippen molar-refractivity contribution in [3.8, 4) is 11.5 Å². The molecule has 0 bridgehead atoms. The van der Waals surface area contributed by atoms with Gasteiger partial charge in [-0.2, -0.15) is 0 Å². The number of nitrogens with one attached hydrogen (secondary N) is 2. The Bertz CT molecular complexity index is 577. The van der Waals surface area contributed by atoms with E-state index < -0.39 is 0 Å². The van der Waals surface area contributed by atoms with E-state index in [4.69, 9.17) is 9.47 Å². The van der Waals surface area contributed by atoms with Crippen molar-refractivity contribution in [1.82, 2.24) is 10.2 Å². The van der Waals surface area contributed by atoms with Gasteiger partial charge in [0, 0.05) is 31.9 Å². The fourth-order valence-corrected chi connectivity index (χ4v) is 3.25. The number of anilines is 1. The summed E-state index contributed by atoms with van der Waals surface area (Å²) in [4.78, 5) is 6.90. The number of halogens is 1. The predicted octanol–water partition coefficient (Wildman–Crippen LogP) is 3.82. The maximum Gasteiger partial charge on any atom is 0.195 e. The second-order valence-corrected chi connectivity index (χ2v) is 6.84. The van der Waals surface area contributed by atoms with Gasteiger partial charge in [0.05, 0.1) is 13.7 Å². The molecule has 1 atom stereocenters. The summed E-state index contributed by atoms with van der Waals surface area (Å²) in [5.74, 6) is 2.80. The average Bonchev–Trinajstić information content (AvgIpc) is 2.67. The van der Waals surface area contributed by atoms with Crippen molar-refractivity contribution in [3.05, 3.63) is 18.2 Å². The third-order valence-corrected chi connectivity index (χ3v) is 4.59. The minimum absolute atomic E-state index is 0. The van der Waals surface area contributed by atoms with Crippen LogP contribution in [0.1, 0.15) is 33.1 Å². The van der Waals surface area contributed by atoms with Crippen molar-refractivity contribution in [1.29, 1.82) is 0 Å². The van der Waals surface area contributed by atoms with Gasteiger partial charge in [-0.05, 0) is 50.9 Å². The average molecular weight is 490 g/mol. The second kappa shape index (κ2) is 13.0. The van der Waals surface area contributed by atoms with Crippen LogP contribution in [-0.2, 0) is 0 Å². The van der Waals surface area contributed by atoms with Gasteiger partial charge in [-0.15, -0.1) is 24.0 Å².